The van der Waals surface area contributed by atoms with Crippen LogP contribution in [-0.2, 0) is 27.1 Å². The fraction of sp³-hybridized carbons (Fsp3) is 0.159. The molecule has 0 saturated heterocycles. The standard InChI is InChI=1S/C107H95N3O2Si/c1-103(2,3)72-46-58-80(59-47-72)108(81-60-48-73(49-61-81)104(4,5)6)82-66-54-76(55-67-82)107(77-56-68-88(69-57-77)113(85-36-22-15-23-37-85,86-38-24-16-25-39-86)87-40-26-17-27-41-87)91-71-94(110(79-34-20-14-21-35-79)84-64-52-75(53-65-84)106(10,11)12)101-98(90-43-29-31-45-96(90)111-101)99(91)100-92(107)70-93(97-89-42-28-30-44-95(89)112-102(97)100)109(78-32-18-13-19-33-78)83-62-50-74(51-63-83)105(7,8)9/h13-71H,1-12H3. The van der Waals surface area contributed by atoms with Crippen molar-refractivity contribution in [2.75, 3.05) is 14.7 Å². The Hall–Kier alpha value is -12.5. The third-order valence-corrected chi connectivity index (χ3v) is 28.5. The average Bonchev–Trinajstić information content (AvgIpc) is 1.50. The van der Waals surface area contributed by atoms with Crippen molar-refractivity contribution in [2.24, 2.45) is 0 Å². The van der Waals surface area contributed by atoms with E-state index in [4.69, 9.17) is 8.83 Å². The molecule has 1 aliphatic rings. The van der Waals surface area contributed by atoms with Gasteiger partial charge in [-0.05, 0) is 196 Å². The SMILES string of the molecule is CC(C)(C)c1ccc(N(c2ccc(C(C)(C)C)cc2)c2ccc(C3(c4ccc([Si](c5ccccc5)(c5ccccc5)c5ccccc5)cc4)c4cc(N(c5ccccc5)c5ccc(C(C)(C)C)cc5)c5c(oc6ccccc65)c4-c4c3cc(N(c3ccccc3)c3ccc(C(C)(C)C)cc3)c3oc5ccccc5c43)cc2)cc1. The van der Waals surface area contributed by atoms with Gasteiger partial charge in [-0.25, -0.2) is 0 Å². The second-order valence-corrected chi connectivity index (χ2v) is 38.6. The van der Waals surface area contributed by atoms with Crippen LogP contribution in [0.3, 0.4) is 0 Å². The molecule has 18 rings (SSSR count). The van der Waals surface area contributed by atoms with Crippen LogP contribution in [0.5, 0.6) is 0 Å². The van der Waals surface area contributed by atoms with E-state index in [1.54, 1.807) is 0 Å². The van der Waals surface area contributed by atoms with Crippen LogP contribution in [0.25, 0.3) is 55.0 Å². The van der Waals surface area contributed by atoms with Gasteiger partial charge in [0.25, 0.3) is 0 Å². The minimum absolute atomic E-state index is 0.0416. The highest BCUT2D eigenvalue weighted by Gasteiger charge is 2.52. The van der Waals surface area contributed by atoms with E-state index >= 15 is 0 Å². The summed E-state index contributed by atoms with van der Waals surface area (Å²) in [5.41, 5.74) is 22.4. The van der Waals surface area contributed by atoms with Crippen molar-refractivity contribution in [3.63, 3.8) is 0 Å². The highest BCUT2D eigenvalue weighted by atomic mass is 28.3. The summed E-state index contributed by atoms with van der Waals surface area (Å²) < 4.78 is 15.5. The van der Waals surface area contributed by atoms with Gasteiger partial charge in [0, 0.05) is 67.1 Å². The lowest BCUT2D eigenvalue weighted by Gasteiger charge is -2.38. The monoisotopic (exact) mass is 1480 g/mol. The zero-order chi connectivity index (χ0) is 77.8. The summed E-state index contributed by atoms with van der Waals surface area (Å²) in [4.78, 5) is 7.35. The molecule has 17 aromatic rings. The van der Waals surface area contributed by atoms with Crippen LogP contribution in [0.1, 0.15) is 128 Å². The number of benzene rings is 15. The van der Waals surface area contributed by atoms with E-state index in [0.717, 1.165) is 128 Å². The summed E-state index contributed by atoms with van der Waals surface area (Å²) in [6.45, 7) is 27.5. The van der Waals surface area contributed by atoms with Gasteiger partial charge in [-0.15, -0.1) is 0 Å². The summed E-state index contributed by atoms with van der Waals surface area (Å²) in [5.74, 6) is 0. The molecule has 15 aromatic carbocycles. The van der Waals surface area contributed by atoms with E-state index in [9.17, 15) is 0 Å². The molecular weight excluding hydrogens is 1390 g/mol. The molecule has 0 aliphatic heterocycles. The first-order chi connectivity index (χ1) is 54.6. The Labute approximate surface area is 666 Å². The van der Waals surface area contributed by atoms with Crippen molar-refractivity contribution >= 4 is 124 Å². The van der Waals surface area contributed by atoms with E-state index in [1.165, 1.54) is 43.0 Å². The van der Waals surface area contributed by atoms with Gasteiger partial charge in [0.2, 0.25) is 0 Å². The fourth-order valence-electron chi connectivity index (χ4n) is 17.9. The normalized spacial score (nSPS) is 13.9. The molecule has 0 fully saturated rings. The maximum Gasteiger partial charge on any atom is 0.179 e. The van der Waals surface area contributed by atoms with Crippen molar-refractivity contribution in [3.05, 3.63) is 402 Å². The lowest BCUT2D eigenvalue weighted by molar-refractivity contribution is 0.590. The first kappa shape index (κ1) is 72.1. The molecule has 0 radical (unpaired) electrons. The Bertz CT molecular complexity index is 6170. The third-order valence-electron chi connectivity index (χ3n) is 23.7. The summed E-state index contributed by atoms with van der Waals surface area (Å²) in [6, 6.07) is 135. The van der Waals surface area contributed by atoms with E-state index < -0.39 is 13.5 Å². The quantitative estimate of drug-likeness (QED) is 0.0755. The molecule has 0 amide bonds. The summed E-state index contributed by atoms with van der Waals surface area (Å²) in [7, 11) is -3.11. The van der Waals surface area contributed by atoms with E-state index in [1.807, 2.05) is 0 Å². The van der Waals surface area contributed by atoms with E-state index in [2.05, 4.69) is 456 Å². The summed E-state index contributed by atoms with van der Waals surface area (Å²) in [5, 5.41) is 9.25. The van der Waals surface area contributed by atoms with Crippen LogP contribution in [0, 0.1) is 0 Å². The predicted molar refractivity (Wildman–Crippen MR) is 481 cm³/mol. The molecule has 2 aromatic heterocycles. The van der Waals surface area contributed by atoms with Crippen molar-refractivity contribution in [3.8, 4) is 11.1 Å². The number of hydrogen-bond donors (Lipinski definition) is 0. The molecule has 1 aliphatic carbocycles. The van der Waals surface area contributed by atoms with Gasteiger partial charge in [0.15, 0.2) is 13.7 Å². The number of rotatable bonds is 15. The number of nitrogens with zero attached hydrogens (tertiary/aromatic N) is 3. The Morgan fingerprint density at radius 1 is 0.248 bits per heavy atom. The molecule has 113 heavy (non-hydrogen) atoms. The van der Waals surface area contributed by atoms with Crippen LogP contribution in [0.15, 0.2) is 367 Å². The van der Waals surface area contributed by atoms with Gasteiger partial charge in [-0.1, -0.05) is 332 Å². The molecule has 554 valence electrons. The Balaban J connectivity index is 1.02. The second kappa shape index (κ2) is 27.8. The molecule has 0 N–H and O–H groups in total. The summed E-state index contributed by atoms with van der Waals surface area (Å²) >= 11 is 0. The molecule has 0 spiro atoms. The molecular formula is C107H95N3O2Si. The fourth-order valence-corrected chi connectivity index (χ4v) is 22.7. The molecule has 5 nitrogen and oxygen atoms in total. The van der Waals surface area contributed by atoms with Gasteiger partial charge in [0.05, 0.1) is 22.2 Å². The molecule has 1 atom stereocenters. The lowest BCUT2D eigenvalue weighted by Crippen LogP contribution is -2.74. The van der Waals surface area contributed by atoms with Gasteiger partial charge in [-0.3, -0.25) is 0 Å². The number of anilines is 9. The third kappa shape index (κ3) is 12.3. The number of hydrogen-bond acceptors (Lipinski definition) is 5. The molecule has 1 unspecified atom stereocenters. The summed E-state index contributed by atoms with van der Waals surface area (Å²) in [6.07, 6.45) is 0. The number of fused-ring (bicyclic) bond motifs is 11. The number of furan rings is 2. The molecule has 0 saturated carbocycles. The zero-order valence-corrected chi connectivity index (χ0v) is 67.7. The van der Waals surface area contributed by atoms with Gasteiger partial charge in [-0.2, -0.15) is 0 Å². The maximum absolute atomic E-state index is 7.89. The topological polar surface area (TPSA) is 36.0 Å². The van der Waals surface area contributed by atoms with E-state index in [0.29, 0.717) is 0 Å². The van der Waals surface area contributed by atoms with Crippen LogP contribution >= 0.6 is 0 Å². The second-order valence-electron chi connectivity index (χ2n) is 34.8. The maximum atomic E-state index is 7.89. The average molecular weight is 1480 g/mol. The van der Waals surface area contributed by atoms with Gasteiger partial charge < -0.3 is 23.5 Å². The van der Waals surface area contributed by atoms with Crippen molar-refractivity contribution in [1.82, 2.24) is 0 Å². The van der Waals surface area contributed by atoms with Crippen molar-refractivity contribution < 1.29 is 8.83 Å². The Kier molecular flexibility index (Phi) is 17.7. The van der Waals surface area contributed by atoms with Crippen LogP contribution in [0.2, 0.25) is 0 Å². The van der Waals surface area contributed by atoms with Crippen LogP contribution in [-0.4, -0.2) is 8.07 Å². The Morgan fingerprint density at radius 2 is 0.531 bits per heavy atom. The van der Waals surface area contributed by atoms with Crippen LogP contribution in [0.4, 0.5) is 51.2 Å². The first-order valence-corrected chi connectivity index (χ1v) is 41.9. The predicted octanol–water partition coefficient (Wildman–Crippen LogP) is 26.8. The molecule has 6 heteroatoms. The molecule has 0 bridgehead atoms. The highest BCUT2D eigenvalue weighted by Crippen LogP contribution is 2.65. The number of para-hydroxylation sites is 4. The van der Waals surface area contributed by atoms with Crippen molar-refractivity contribution in [2.45, 2.75) is 110 Å². The van der Waals surface area contributed by atoms with Gasteiger partial charge >= 0.3 is 0 Å². The zero-order valence-electron chi connectivity index (χ0n) is 66.7. The highest BCUT2D eigenvalue weighted by molar-refractivity contribution is 7.19. The first-order valence-electron chi connectivity index (χ1n) is 39.9. The smallest absolute Gasteiger partial charge is 0.179 e. The minimum Gasteiger partial charge on any atom is -0.455 e. The molecule has 2 heterocycles. The largest absolute Gasteiger partial charge is 0.455 e. The van der Waals surface area contributed by atoms with Crippen LogP contribution < -0.4 is 35.4 Å². The lowest BCUT2D eigenvalue weighted by atomic mass is 9.67. The minimum atomic E-state index is -3.11. The van der Waals surface area contributed by atoms with E-state index in [-0.39, 0.29) is 21.7 Å². The Morgan fingerprint density at radius 3 is 0.920 bits per heavy atom. The van der Waals surface area contributed by atoms with Gasteiger partial charge in [0.1, 0.15) is 16.7 Å². The van der Waals surface area contributed by atoms with Crippen molar-refractivity contribution in [1.29, 1.82) is 0 Å².